The lowest BCUT2D eigenvalue weighted by Gasteiger charge is -2.31. The Kier molecular flexibility index (Phi) is 7.21. The summed E-state index contributed by atoms with van der Waals surface area (Å²) >= 11 is 5.90. The van der Waals surface area contributed by atoms with Crippen LogP contribution in [0.25, 0.3) is 5.69 Å². The number of halogens is 3. The molecule has 41 heavy (non-hydrogen) atoms. The van der Waals surface area contributed by atoms with Gasteiger partial charge in [-0.3, -0.25) is 4.98 Å². The number of aromatic nitrogens is 2. The van der Waals surface area contributed by atoms with Crippen LogP contribution in [-0.2, 0) is 10.9 Å². The first-order valence-corrected chi connectivity index (χ1v) is 13.9. The number of hydrogen-bond donors (Lipinski definition) is 1. The van der Waals surface area contributed by atoms with Gasteiger partial charge < -0.3 is 24.4 Å². The highest BCUT2D eigenvalue weighted by molar-refractivity contribution is 7.80. The molecule has 0 unspecified atom stereocenters. The molecule has 212 valence electrons. The van der Waals surface area contributed by atoms with E-state index in [1.165, 1.54) is 12.1 Å². The van der Waals surface area contributed by atoms with Gasteiger partial charge in [0.15, 0.2) is 5.11 Å². The third-order valence-corrected chi connectivity index (χ3v) is 8.14. The molecule has 2 fully saturated rings. The van der Waals surface area contributed by atoms with Crippen molar-refractivity contribution in [3.63, 3.8) is 0 Å². The Morgan fingerprint density at radius 1 is 0.902 bits per heavy atom. The summed E-state index contributed by atoms with van der Waals surface area (Å²) in [5, 5.41) is 4.04. The summed E-state index contributed by atoms with van der Waals surface area (Å²) in [6.45, 7) is 6.95. The molecule has 2 aliphatic heterocycles. The Morgan fingerprint density at radius 3 is 2.32 bits per heavy atom. The molecule has 0 saturated carbocycles. The van der Waals surface area contributed by atoms with Gasteiger partial charge in [0.25, 0.3) is 0 Å². The van der Waals surface area contributed by atoms with E-state index in [2.05, 4.69) is 44.4 Å². The van der Waals surface area contributed by atoms with E-state index in [0.717, 1.165) is 53.2 Å². The van der Waals surface area contributed by atoms with Crippen LogP contribution >= 0.6 is 12.2 Å². The van der Waals surface area contributed by atoms with Gasteiger partial charge in [-0.2, -0.15) is 13.2 Å². The number of aryl methyl sites for hydroxylation is 1. The maximum absolute atomic E-state index is 13.5. The molecule has 4 aromatic rings. The van der Waals surface area contributed by atoms with Gasteiger partial charge in [-0.1, -0.05) is 12.1 Å². The zero-order valence-electron chi connectivity index (χ0n) is 22.7. The summed E-state index contributed by atoms with van der Waals surface area (Å²) in [7, 11) is 0. The van der Waals surface area contributed by atoms with Gasteiger partial charge in [-0.25, -0.2) is 0 Å². The molecule has 0 bridgehead atoms. The van der Waals surface area contributed by atoms with Gasteiger partial charge >= 0.3 is 6.18 Å². The number of hydrogen-bond acceptors (Lipinski definition) is 4. The fourth-order valence-corrected chi connectivity index (χ4v) is 6.25. The molecular weight excluding hydrogens is 547 g/mol. The van der Waals surface area contributed by atoms with Crippen molar-refractivity contribution < 1.29 is 17.9 Å². The van der Waals surface area contributed by atoms with Gasteiger partial charge in [-0.15, -0.1) is 0 Å². The molecule has 4 heterocycles. The Labute approximate surface area is 242 Å². The Balaban J connectivity index is 1.43. The average Bonchev–Trinajstić information content (AvgIpc) is 3.48. The van der Waals surface area contributed by atoms with Crippen LogP contribution in [0.1, 0.15) is 40.3 Å². The molecule has 6 nitrogen and oxygen atoms in total. The van der Waals surface area contributed by atoms with Crippen molar-refractivity contribution >= 4 is 28.7 Å². The molecule has 1 N–H and O–H groups in total. The number of benzene rings is 2. The first-order valence-electron chi connectivity index (χ1n) is 13.5. The molecule has 2 aromatic carbocycles. The minimum atomic E-state index is -4.43. The quantitative estimate of drug-likeness (QED) is 0.273. The number of pyridine rings is 1. The highest BCUT2D eigenvalue weighted by atomic mass is 32.1. The maximum Gasteiger partial charge on any atom is 0.416 e. The second kappa shape index (κ2) is 10.8. The molecule has 0 radical (unpaired) electrons. The van der Waals surface area contributed by atoms with E-state index in [0.29, 0.717) is 24.0 Å². The first-order chi connectivity index (χ1) is 19.7. The van der Waals surface area contributed by atoms with Crippen molar-refractivity contribution in [1.82, 2.24) is 14.9 Å². The third kappa shape index (κ3) is 5.17. The number of alkyl halides is 3. The molecule has 2 aromatic heterocycles. The fraction of sp³-hybridized carbons (Fsp3) is 0.290. The Morgan fingerprint density at radius 2 is 1.63 bits per heavy atom. The summed E-state index contributed by atoms with van der Waals surface area (Å²) in [6.07, 6.45) is -2.67. The van der Waals surface area contributed by atoms with Crippen LogP contribution in [0.4, 0.5) is 24.5 Å². The van der Waals surface area contributed by atoms with Crippen molar-refractivity contribution in [2.75, 3.05) is 36.1 Å². The van der Waals surface area contributed by atoms with Crippen molar-refractivity contribution in [3.8, 4) is 5.69 Å². The number of anilines is 2. The minimum absolute atomic E-state index is 0.266. The Bertz CT molecular complexity index is 1550. The number of morpholine rings is 1. The highest BCUT2D eigenvalue weighted by Crippen LogP contribution is 2.44. The van der Waals surface area contributed by atoms with E-state index < -0.39 is 11.7 Å². The van der Waals surface area contributed by atoms with Gasteiger partial charge in [0.05, 0.1) is 36.6 Å². The monoisotopic (exact) mass is 577 g/mol. The normalized spacial score (nSPS) is 19.5. The minimum Gasteiger partial charge on any atom is -0.378 e. The molecule has 6 rings (SSSR count). The van der Waals surface area contributed by atoms with E-state index >= 15 is 0 Å². The molecule has 0 aliphatic carbocycles. The maximum atomic E-state index is 13.5. The SMILES string of the molecule is Cc1cc([C@H]2[C@H](c3ccccn3)NC(=S)N2c2ccc(N3CCOCC3)cc2)c(C)n1-c1cccc(C(F)(F)F)c1. The van der Waals surface area contributed by atoms with Crippen LogP contribution in [0.15, 0.2) is 79.0 Å². The van der Waals surface area contributed by atoms with Crippen molar-refractivity contribution in [2.45, 2.75) is 32.1 Å². The van der Waals surface area contributed by atoms with E-state index in [1.54, 1.807) is 12.3 Å². The molecular formula is C31H30F3N5OS. The number of ether oxygens (including phenoxy) is 1. The van der Waals surface area contributed by atoms with Gasteiger partial charge in [0, 0.05) is 47.7 Å². The second-order valence-electron chi connectivity index (χ2n) is 10.3. The first kappa shape index (κ1) is 27.3. The number of nitrogens with zero attached hydrogens (tertiary/aromatic N) is 4. The second-order valence-corrected chi connectivity index (χ2v) is 10.7. The van der Waals surface area contributed by atoms with Gasteiger partial charge in [-0.05, 0) is 92.3 Å². The van der Waals surface area contributed by atoms with Crippen molar-refractivity contribution in [1.29, 1.82) is 0 Å². The highest BCUT2D eigenvalue weighted by Gasteiger charge is 2.42. The van der Waals surface area contributed by atoms with Crippen LogP contribution in [-0.4, -0.2) is 41.0 Å². The van der Waals surface area contributed by atoms with Crippen LogP contribution in [0.3, 0.4) is 0 Å². The van der Waals surface area contributed by atoms with Crippen LogP contribution in [0.2, 0.25) is 0 Å². The van der Waals surface area contributed by atoms with Crippen molar-refractivity contribution in [3.05, 3.63) is 107 Å². The number of nitrogens with one attached hydrogen (secondary N) is 1. The predicted octanol–water partition coefficient (Wildman–Crippen LogP) is 6.52. The van der Waals surface area contributed by atoms with E-state index in [-0.39, 0.29) is 12.1 Å². The van der Waals surface area contributed by atoms with E-state index in [4.69, 9.17) is 17.0 Å². The van der Waals surface area contributed by atoms with Crippen molar-refractivity contribution in [2.24, 2.45) is 0 Å². The van der Waals surface area contributed by atoms with E-state index in [9.17, 15) is 13.2 Å². The van der Waals surface area contributed by atoms with Crippen LogP contribution in [0, 0.1) is 13.8 Å². The fourth-order valence-electron chi connectivity index (χ4n) is 5.90. The Hall–Kier alpha value is -3.89. The van der Waals surface area contributed by atoms with Crippen LogP contribution in [0.5, 0.6) is 0 Å². The van der Waals surface area contributed by atoms with Crippen LogP contribution < -0.4 is 15.1 Å². The van der Waals surface area contributed by atoms with E-state index in [1.807, 2.05) is 42.7 Å². The lowest BCUT2D eigenvalue weighted by Crippen LogP contribution is -2.36. The summed E-state index contributed by atoms with van der Waals surface area (Å²) in [4.78, 5) is 9.02. The van der Waals surface area contributed by atoms with Gasteiger partial charge in [0.2, 0.25) is 0 Å². The lowest BCUT2D eigenvalue weighted by atomic mass is 9.96. The predicted molar refractivity (Wildman–Crippen MR) is 158 cm³/mol. The average molecular weight is 578 g/mol. The summed E-state index contributed by atoms with van der Waals surface area (Å²) in [6, 6.07) is 21.0. The van der Waals surface area contributed by atoms with Gasteiger partial charge in [0.1, 0.15) is 0 Å². The standard InChI is InChI=1S/C31H30F3N5OS/c1-20-18-26(21(2)38(20)25-7-5-6-22(19-25)31(32,33)34)29-28(27-8-3-4-13-35-27)36-30(41)39(29)24-11-9-23(10-12-24)37-14-16-40-17-15-37/h3-13,18-19,28-29H,14-17H2,1-2H3,(H,36,41)/t28-,29-/m0/s1. The zero-order valence-corrected chi connectivity index (χ0v) is 23.5. The molecule has 2 atom stereocenters. The molecule has 2 aliphatic rings. The third-order valence-electron chi connectivity index (χ3n) is 7.82. The molecule has 0 amide bonds. The lowest BCUT2D eigenvalue weighted by molar-refractivity contribution is -0.137. The smallest absolute Gasteiger partial charge is 0.378 e. The largest absolute Gasteiger partial charge is 0.416 e. The summed E-state index contributed by atoms with van der Waals surface area (Å²) in [5.74, 6) is 0. The molecule has 10 heteroatoms. The topological polar surface area (TPSA) is 45.6 Å². The zero-order chi connectivity index (χ0) is 28.7. The molecule has 2 saturated heterocycles. The summed E-state index contributed by atoms with van der Waals surface area (Å²) < 4.78 is 48.0. The number of thiocarbonyl (C=S) groups is 1. The molecule has 0 spiro atoms. The number of rotatable bonds is 5. The summed E-state index contributed by atoms with van der Waals surface area (Å²) in [5.41, 5.74) is 5.29.